The minimum atomic E-state index is -1.67. The molecule has 25 heavy (non-hydrogen) atoms. The first-order chi connectivity index (χ1) is 12.0. The summed E-state index contributed by atoms with van der Waals surface area (Å²) in [7, 11) is 0. The number of nitrogens with one attached hydrogen (secondary N) is 1. The SMILES string of the molecule is CC1(c2ccc(-c3ccccc3)cc2)[C@]2(C#N)C(=O)NC(=O)[C@]12C#N. The Morgan fingerprint density at radius 3 is 1.76 bits per heavy atom. The standard InChI is InChI=1S/C20H13N3O2/c1-18(19(11-21)16(24)23-17(25)20(18,19)12-22)15-9-7-14(8-10-15)13-5-3-2-4-6-13/h2-10H,1H3,(H,23,24,25)/t18?,19-,20+. The maximum Gasteiger partial charge on any atom is 0.250 e. The van der Waals surface area contributed by atoms with Crippen LogP contribution in [0.15, 0.2) is 54.6 Å². The lowest BCUT2D eigenvalue weighted by atomic mass is 9.84. The Morgan fingerprint density at radius 1 is 0.800 bits per heavy atom. The van der Waals surface area contributed by atoms with E-state index < -0.39 is 28.1 Å². The highest BCUT2D eigenvalue weighted by Gasteiger charge is 2.97. The van der Waals surface area contributed by atoms with Gasteiger partial charge in [0.25, 0.3) is 0 Å². The van der Waals surface area contributed by atoms with Gasteiger partial charge in [0.15, 0.2) is 10.8 Å². The zero-order valence-corrected chi connectivity index (χ0v) is 13.4. The van der Waals surface area contributed by atoms with Gasteiger partial charge >= 0.3 is 0 Å². The van der Waals surface area contributed by atoms with Gasteiger partial charge in [-0.1, -0.05) is 61.5 Å². The van der Waals surface area contributed by atoms with Gasteiger partial charge in [-0.05, 0) is 16.7 Å². The number of amides is 2. The van der Waals surface area contributed by atoms with Crippen molar-refractivity contribution in [2.45, 2.75) is 12.3 Å². The summed E-state index contributed by atoms with van der Waals surface area (Å²) in [5.74, 6) is -1.37. The number of hydrogen-bond acceptors (Lipinski definition) is 4. The average molecular weight is 327 g/mol. The molecule has 2 aromatic rings. The summed E-state index contributed by atoms with van der Waals surface area (Å²) < 4.78 is 0. The van der Waals surface area contributed by atoms with E-state index in [0.717, 1.165) is 11.1 Å². The van der Waals surface area contributed by atoms with Gasteiger partial charge < -0.3 is 0 Å². The summed E-state index contributed by atoms with van der Waals surface area (Å²) in [6.45, 7) is 1.65. The van der Waals surface area contributed by atoms with Crippen LogP contribution in [-0.4, -0.2) is 11.8 Å². The second-order valence-electron chi connectivity index (χ2n) is 6.58. The molecule has 120 valence electrons. The molecule has 0 radical (unpaired) electrons. The van der Waals surface area contributed by atoms with E-state index in [2.05, 4.69) is 5.32 Å². The third-order valence-electron chi connectivity index (χ3n) is 5.81. The van der Waals surface area contributed by atoms with E-state index in [0.29, 0.717) is 5.56 Å². The molecular weight excluding hydrogens is 314 g/mol. The molecule has 1 unspecified atom stereocenters. The second-order valence-corrected chi connectivity index (χ2v) is 6.58. The van der Waals surface area contributed by atoms with Crippen LogP contribution in [-0.2, 0) is 15.0 Å². The maximum absolute atomic E-state index is 12.3. The highest BCUT2D eigenvalue weighted by molar-refractivity contribution is 6.20. The first kappa shape index (κ1) is 15.1. The van der Waals surface area contributed by atoms with Crippen LogP contribution in [0.3, 0.4) is 0 Å². The largest absolute Gasteiger partial charge is 0.293 e. The van der Waals surface area contributed by atoms with Crippen LogP contribution in [0.1, 0.15) is 12.5 Å². The van der Waals surface area contributed by atoms with Gasteiger partial charge in [0, 0.05) is 0 Å². The lowest BCUT2D eigenvalue weighted by molar-refractivity contribution is -0.129. The molecule has 5 heteroatoms. The van der Waals surface area contributed by atoms with Crippen LogP contribution >= 0.6 is 0 Å². The number of piperidine rings is 1. The molecule has 1 aliphatic heterocycles. The quantitative estimate of drug-likeness (QED) is 0.856. The normalized spacial score (nSPS) is 32.3. The minimum absolute atomic E-state index is 0.637. The Balaban J connectivity index is 1.83. The smallest absolute Gasteiger partial charge is 0.250 e. The van der Waals surface area contributed by atoms with Crippen molar-refractivity contribution in [1.29, 1.82) is 10.5 Å². The fraction of sp³-hybridized carbons (Fsp3) is 0.200. The van der Waals surface area contributed by atoms with E-state index in [4.69, 9.17) is 0 Å². The van der Waals surface area contributed by atoms with E-state index >= 15 is 0 Å². The highest BCUT2D eigenvalue weighted by atomic mass is 16.2. The summed E-state index contributed by atoms with van der Waals surface area (Å²) in [5.41, 5.74) is -1.84. The summed E-state index contributed by atoms with van der Waals surface area (Å²) in [6, 6.07) is 21.0. The van der Waals surface area contributed by atoms with Crippen molar-refractivity contribution in [1.82, 2.24) is 5.32 Å². The van der Waals surface area contributed by atoms with Gasteiger partial charge in [-0.3, -0.25) is 14.9 Å². The average Bonchev–Trinajstić information content (AvgIpc) is 3.07. The van der Waals surface area contributed by atoms with E-state index in [1.54, 1.807) is 19.1 Å². The van der Waals surface area contributed by atoms with Crippen LogP contribution in [0.25, 0.3) is 11.1 Å². The third-order valence-corrected chi connectivity index (χ3v) is 5.81. The number of nitriles is 2. The van der Waals surface area contributed by atoms with Crippen molar-refractivity contribution in [2.75, 3.05) is 0 Å². The second kappa shape index (κ2) is 4.55. The van der Waals surface area contributed by atoms with E-state index in [-0.39, 0.29) is 0 Å². The molecule has 0 spiro atoms. The molecule has 5 nitrogen and oxygen atoms in total. The van der Waals surface area contributed by atoms with Crippen LogP contribution in [0.4, 0.5) is 0 Å². The number of rotatable bonds is 2. The molecule has 0 bridgehead atoms. The molecule has 1 saturated heterocycles. The maximum atomic E-state index is 12.3. The van der Waals surface area contributed by atoms with Crippen LogP contribution < -0.4 is 5.32 Å². The van der Waals surface area contributed by atoms with Crippen molar-refractivity contribution in [3.8, 4) is 23.3 Å². The lowest BCUT2D eigenvalue weighted by Gasteiger charge is -2.19. The highest BCUT2D eigenvalue weighted by Crippen LogP contribution is 2.80. The van der Waals surface area contributed by atoms with Gasteiger partial charge in [0.05, 0.1) is 17.6 Å². The van der Waals surface area contributed by atoms with Crippen LogP contribution in [0, 0.1) is 33.5 Å². The molecule has 3 atom stereocenters. The third kappa shape index (κ3) is 1.38. The number of fused-ring (bicyclic) bond motifs is 1. The Kier molecular flexibility index (Phi) is 2.75. The minimum Gasteiger partial charge on any atom is -0.293 e. The van der Waals surface area contributed by atoms with Gasteiger partial charge in [0.2, 0.25) is 11.8 Å². The molecule has 1 aliphatic carbocycles. The Hall–Kier alpha value is -3.44. The summed E-state index contributed by atoms with van der Waals surface area (Å²) >= 11 is 0. The molecule has 1 N–H and O–H groups in total. The molecule has 1 saturated carbocycles. The number of carbonyl (C=O) groups excluding carboxylic acids is 2. The summed E-state index contributed by atoms with van der Waals surface area (Å²) in [4.78, 5) is 24.6. The fourth-order valence-electron chi connectivity index (χ4n) is 4.36. The fourth-order valence-corrected chi connectivity index (χ4v) is 4.36. The Labute approximate surface area is 144 Å². The van der Waals surface area contributed by atoms with Gasteiger partial charge in [-0.25, -0.2) is 0 Å². The first-order valence-corrected chi connectivity index (χ1v) is 7.84. The molecular formula is C20H13N3O2. The lowest BCUT2D eigenvalue weighted by Crippen LogP contribution is -2.38. The van der Waals surface area contributed by atoms with Crippen LogP contribution in [0.5, 0.6) is 0 Å². The van der Waals surface area contributed by atoms with Crippen LogP contribution in [0.2, 0.25) is 0 Å². The number of hydrogen-bond donors (Lipinski definition) is 1. The molecule has 2 amide bonds. The van der Waals surface area contributed by atoms with E-state index in [1.165, 1.54) is 0 Å². The topological polar surface area (TPSA) is 93.8 Å². The number of imide groups is 1. The van der Waals surface area contributed by atoms with Gasteiger partial charge in [-0.15, -0.1) is 0 Å². The zero-order chi connectivity index (χ0) is 17.9. The van der Waals surface area contributed by atoms with Crippen molar-refractivity contribution in [3.05, 3.63) is 60.2 Å². The Bertz CT molecular complexity index is 960. The number of nitrogens with zero attached hydrogens (tertiary/aromatic N) is 2. The molecule has 2 aliphatic rings. The summed E-state index contributed by atoms with van der Waals surface area (Å²) in [5, 5.41) is 21.5. The number of carbonyl (C=O) groups is 2. The van der Waals surface area contributed by atoms with Crippen molar-refractivity contribution in [2.24, 2.45) is 10.8 Å². The van der Waals surface area contributed by atoms with Crippen molar-refractivity contribution in [3.63, 3.8) is 0 Å². The van der Waals surface area contributed by atoms with Gasteiger partial charge in [0.1, 0.15) is 0 Å². The molecule has 2 fully saturated rings. The van der Waals surface area contributed by atoms with Crippen molar-refractivity contribution < 1.29 is 9.59 Å². The molecule has 1 heterocycles. The number of benzene rings is 2. The van der Waals surface area contributed by atoms with E-state index in [1.807, 2.05) is 54.6 Å². The first-order valence-electron chi connectivity index (χ1n) is 7.84. The Morgan fingerprint density at radius 2 is 1.28 bits per heavy atom. The zero-order valence-electron chi connectivity index (χ0n) is 13.4. The molecule has 2 aromatic carbocycles. The predicted molar refractivity (Wildman–Crippen MR) is 88.5 cm³/mol. The molecule has 4 rings (SSSR count). The van der Waals surface area contributed by atoms with Gasteiger partial charge in [-0.2, -0.15) is 10.5 Å². The molecule has 0 aromatic heterocycles. The predicted octanol–water partition coefficient (Wildman–Crippen LogP) is 2.30. The monoisotopic (exact) mass is 327 g/mol. The van der Waals surface area contributed by atoms with E-state index in [9.17, 15) is 20.1 Å². The summed E-state index contributed by atoms with van der Waals surface area (Å²) in [6.07, 6.45) is 0. The van der Waals surface area contributed by atoms with Crippen molar-refractivity contribution >= 4 is 11.8 Å².